The number of amides is 1. The SMILES string of the molecule is C[C@@H]1CCCN(c2nc3ncn(CC(=O)N[C@H](C)CCc4ccccc4)c(=O)c3s2)C1. The van der Waals surface area contributed by atoms with Gasteiger partial charge < -0.3 is 10.2 Å². The molecule has 1 fully saturated rings. The van der Waals surface area contributed by atoms with Gasteiger partial charge in [-0.05, 0) is 44.1 Å². The quantitative estimate of drug-likeness (QED) is 0.611. The summed E-state index contributed by atoms with van der Waals surface area (Å²) in [5.41, 5.74) is 1.51. The molecule has 0 radical (unpaired) electrons. The van der Waals surface area contributed by atoms with Crippen LogP contribution in [0.1, 0.15) is 38.7 Å². The summed E-state index contributed by atoms with van der Waals surface area (Å²) >= 11 is 1.38. The number of rotatable bonds is 7. The van der Waals surface area contributed by atoms with E-state index in [1.807, 2.05) is 25.1 Å². The third-order valence-electron chi connectivity index (χ3n) is 5.73. The predicted molar refractivity (Wildman–Crippen MR) is 125 cm³/mol. The highest BCUT2D eigenvalue weighted by molar-refractivity contribution is 7.22. The van der Waals surface area contributed by atoms with Crippen LogP contribution in [-0.4, -0.2) is 39.6 Å². The maximum Gasteiger partial charge on any atom is 0.273 e. The van der Waals surface area contributed by atoms with Crippen molar-refractivity contribution in [3.05, 3.63) is 52.6 Å². The molecule has 1 aliphatic rings. The average molecular weight is 440 g/mol. The Morgan fingerprint density at radius 1 is 1.32 bits per heavy atom. The molecular formula is C23H29N5O2S. The van der Waals surface area contributed by atoms with Crippen LogP contribution in [0.15, 0.2) is 41.5 Å². The average Bonchev–Trinajstić information content (AvgIpc) is 3.20. The number of aryl methyl sites for hydroxylation is 1. The number of aromatic nitrogens is 3. The van der Waals surface area contributed by atoms with Crippen LogP contribution >= 0.6 is 11.3 Å². The van der Waals surface area contributed by atoms with Crippen LogP contribution in [0.3, 0.4) is 0 Å². The van der Waals surface area contributed by atoms with Gasteiger partial charge in [-0.2, -0.15) is 4.98 Å². The van der Waals surface area contributed by atoms with Crippen LogP contribution in [-0.2, 0) is 17.8 Å². The number of nitrogens with one attached hydrogen (secondary N) is 1. The van der Waals surface area contributed by atoms with E-state index in [-0.39, 0.29) is 24.1 Å². The molecule has 1 aliphatic heterocycles. The van der Waals surface area contributed by atoms with E-state index in [0.717, 1.165) is 37.5 Å². The van der Waals surface area contributed by atoms with E-state index in [1.54, 1.807) is 0 Å². The van der Waals surface area contributed by atoms with Crippen LogP contribution in [0.5, 0.6) is 0 Å². The first-order valence-electron chi connectivity index (χ1n) is 10.9. The van der Waals surface area contributed by atoms with Crippen molar-refractivity contribution in [2.24, 2.45) is 5.92 Å². The number of benzene rings is 1. The number of piperidine rings is 1. The molecule has 164 valence electrons. The first-order chi connectivity index (χ1) is 15.0. The summed E-state index contributed by atoms with van der Waals surface area (Å²) in [4.78, 5) is 36.6. The number of thiazole rings is 1. The van der Waals surface area contributed by atoms with Gasteiger partial charge in [-0.25, -0.2) is 4.98 Å². The summed E-state index contributed by atoms with van der Waals surface area (Å²) in [5, 5.41) is 3.84. The summed E-state index contributed by atoms with van der Waals surface area (Å²) in [5.74, 6) is 0.441. The smallest absolute Gasteiger partial charge is 0.273 e. The predicted octanol–water partition coefficient (Wildman–Crippen LogP) is 3.23. The zero-order valence-electron chi connectivity index (χ0n) is 18.1. The molecule has 4 rings (SSSR count). The van der Waals surface area contributed by atoms with E-state index in [9.17, 15) is 9.59 Å². The summed E-state index contributed by atoms with van der Waals surface area (Å²) in [7, 11) is 0. The van der Waals surface area contributed by atoms with Gasteiger partial charge >= 0.3 is 0 Å². The second kappa shape index (κ2) is 9.60. The molecule has 1 amide bonds. The first kappa shape index (κ1) is 21.5. The Balaban J connectivity index is 1.39. The minimum atomic E-state index is -0.203. The molecule has 31 heavy (non-hydrogen) atoms. The number of carbonyl (C=O) groups excluding carboxylic acids is 1. The second-order valence-corrected chi connectivity index (χ2v) is 9.49. The lowest BCUT2D eigenvalue weighted by molar-refractivity contribution is -0.122. The third-order valence-corrected chi connectivity index (χ3v) is 6.82. The van der Waals surface area contributed by atoms with Gasteiger partial charge in [0, 0.05) is 19.1 Å². The van der Waals surface area contributed by atoms with Crippen molar-refractivity contribution in [2.75, 3.05) is 18.0 Å². The van der Waals surface area contributed by atoms with Crippen molar-refractivity contribution in [1.82, 2.24) is 19.9 Å². The van der Waals surface area contributed by atoms with E-state index in [1.165, 1.54) is 34.2 Å². The first-order valence-corrected chi connectivity index (χ1v) is 11.8. The highest BCUT2D eigenvalue weighted by atomic mass is 32.1. The van der Waals surface area contributed by atoms with Gasteiger partial charge in [-0.15, -0.1) is 0 Å². The van der Waals surface area contributed by atoms with Gasteiger partial charge in [0.2, 0.25) is 5.91 Å². The number of carbonyl (C=O) groups is 1. The number of anilines is 1. The summed E-state index contributed by atoms with van der Waals surface area (Å²) in [6.45, 7) is 6.11. The lowest BCUT2D eigenvalue weighted by Crippen LogP contribution is -2.37. The topological polar surface area (TPSA) is 80.1 Å². The Morgan fingerprint density at radius 2 is 2.13 bits per heavy atom. The fraction of sp³-hybridized carbons (Fsp3) is 0.478. The lowest BCUT2D eigenvalue weighted by Gasteiger charge is -2.30. The molecule has 0 unspecified atom stereocenters. The van der Waals surface area contributed by atoms with E-state index >= 15 is 0 Å². The van der Waals surface area contributed by atoms with Crippen molar-refractivity contribution in [3.8, 4) is 0 Å². The maximum atomic E-state index is 12.9. The van der Waals surface area contributed by atoms with Crippen LogP contribution in [0, 0.1) is 5.92 Å². The van der Waals surface area contributed by atoms with E-state index in [2.05, 4.69) is 39.2 Å². The molecule has 0 spiro atoms. The Morgan fingerprint density at radius 3 is 2.90 bits per heavy atom. The standard InChI is InChI=1S/C23H29N5O2S/c1-16-7-6-12-27(13-16)23-26-21-20(31-23)22(30)28(15-24-21)14-19(29)25-17(2)10-11-18-8-4-3-5-9-18/h3-5,8-9,15-17H,6-7,10-14H2,1-2H3,(H,25,29)/t16-,17-/m1/s1. The van der Waals surface area contributed by atoms with Gasteiger partial charge in [0.25, 0.3) is 5.56 Å². The van der Waals surface area contributed by atoms with Gasteiger partial charge in [0.1, 0.15) is 17.6 Å². The van der Waals surface area contributed by atoms with Gasteiger partial charge in [0.15, 0.2) is 10.8 Å². The zero-order chi connectivity index (χ0) is 21.8. The fourth-order valence-corrected chi connectivity index (χ4v) is 5.03. The van der Waals surface area contributed by atoms with Gasteiger partial charge in [-0.3, -0.25) is 14.2 Å². The fourth-order valence-electron chi connectivity index (χ4n) is 4.02. The van der Waals surface area contributed by atoms with Crippen LogP contribution in [0.4, 0.5) is 5.13 Å². The van der Waals surface area contributed by atoms with Crippen LogP contribution < -0.4 is 15.8 Å². The second-order valence-electron chi connectivity index (χ2n) is 8.51. The minimum absolute atomic E-state index is 0.0243. The number of fused-ring (bicyclic) bond motifs is 1. The molecule has 2 aromatic heterocycles. The Labute approximate surface area is 186 Å². The Kier molecular flexibility index (Phi) is 6.65. The Hall–Kier alpha value is -2.74. The monoisotopic (exact) mass is 439 g/mol. The van der Waals surface area contributed by atoms with E-state index in [0.29, 0.717) is 16.3 Å². The molecule has 2 atom stereocenters. The van der Waals surface area contributed by atoms with Crippen molar-refractivity contribution in [1.29, 1.82) is 0 Å². The van der Waals surface area contributed by atoms with Crippen LogP contribution in [0.2, 0.25) is 0 Å². The molecule has 1 aromatic carbocycles. The minimum Gasteiger partial charge on any atom is -0.352 e. The number of hydrogen-bond acceptors (Lipinski definition) is 6. The zero-order valence-corrected chi connectivity index (χ0v) is 18.9. The van der Waals surface area contributed by atoms with E-state index in [4.69, 9.17) is 0 Å². The van der Waals surface area contributed by atoms with E-state index < -0.39 is 0 Å². The normalized spacial score (nSPS) is 17.6. The molecule has 7 nitrogen and oxygen atoms in total. The summed E-state index contributed by atoms with van der Waals surface area (Å²) in [6, 6.07) is 10.2. The molecule has 3 aromatic rings. The van der Waals surface area contributed by atoms with Crippen molar-refractivity contribution in [3.63, 3.8) is 0 Å². The third kappa shape index (κ3) is 5.31. The van der Waals surface area contributed by atoms with Gasteiger partial charge in [0.05, 0.1) is 0 Å². The molecule has 8 heteroatoms. The maximum absolute atomic E-state index is 12.9. The molecule has 0 aliphatic carbocycles. The largest absolute Gasteiger partial charge is 0.352 e. The summed E-state index contributed by atoms with van der Waals surface area (Å²) < 4.78 is 1.89. The molecule has 1 N–H and O–H groups in total. The number of hydrogen-bond donors (Lipinski definition) is 1. The molecule has 3 heterocycles. The highest BCUT2D eigenvalue weighted by Gasteiger charge is 2.21. The van der Waals surface area contributed by atoms with Gasteiger partial charge in [-0.1, -0.05) is 48.6 Å². The van der Waals surface area contributed by atoms with Crippen molar-refractivity contribution in [2.45, 2.75) is 52.1 Å². The molecular weight excluding hydrogens is 410 g/mol. The molecule has 0 bridgehead atoms. The van der Waals surface area contributed by atoms with Crippen molar-refractivity contribution < 1.29 is 4.79 Å². The molecule has 0 saturated carbocycles. The molecule has 1 saturated heterocycles. The highest BCUT2D eigenvalue weighted by Crippen LogP contribution is 2.29. The van der Waals surface area contributed by atoms with Crippen molar-refractivity contribution >= 4 is 32.7 Å². The summed E-state index contributed by atoms with van der Waals surface area (Å²) in [6.07, 6.45) is 5.53. The number of nitrogens with zero attached hydrogens (tertiary/aromatic N) is 4. The Bertz CT molecular complexity index is 1090. The lowest BCUT2D eigenvalue weighted by atomic mass is 10.0. The van der Waals surface area contributed by atoms with Crippen LogP contribution in [0.25, 0.3) is 10.3 Å².